The summed E-state index contributed by atoms with van der Waals surface area (Å²) in [5, 5.41) is 53.8. The molecule has 0 saturated carbocycles. The van der Waals surface area contributed by atoms with E-state index in [2.05, 4.69) is 120 Å². The van der Waals surface area contributed by atoms with Gasteiger partial charge in [0.25, 0.3) is 0 Å². The number of carbonyl (C=O) groups is 17. The molecule has 0 aliphatic rings. The Morgan fingerprint density at radius 3 is 0.490 bits per heavy atom. The van der Waals surface area contributed by atoms with Crippen molar-refractivity contribution >= 4 is 138 Å². The monoisotopic (exact) mass is 2070 g/mol. The second kappa shape index (κ2) is 73.2. The van der Waals surface area contributed by atoms with Crippen molar-refractivity contribution in [1.82, 2.24) is 85.1 Å². The van der Waals surface area contributed by atoms with Crippen LogP contribution in [0, 0.1) is 53.3 Å². The number of aliphatic carboxylic acids is 1. The first kappa shape index (κ1) is 133. The fourth-order valence-electron chi connectivity index (χ4n) is 15.5. The smallest absolute Gasteiger partial charge is 0.327 e. The molecule has 0 spiro atoms. The van der Waals surface area contributed by atoms with Crippen LogP contribution in [-0.2, 0) is 81.5 Å². The average Bonchev–Trinajstić information content (AvgIpc) is 0.851. The van der Waals surface area contributed by atoms with E-state index in [0.717, 1.165) is 0 Å². The molecule has 0 fully saturated rings. The van der Waals surface area contributed by atoms with Gasteiger partial charge in [-0.25, -0.2) is 4.79 Å². The summed E-state index contributed by atoms with van der Waals surface area (Å²) in [5.41, 5.74) is 52.1. The lowest BCUT2D eigenvalue weighted by Gasteiger charge is -2.30. The molecule has 16 amide bonds. The fourth-order valence-corrected chi connectivity index (χ4v) is 16.0. The molecule has 0 bridgehead atoms. The van der Waals surface area contributed by atoms with Crippen molar-refractivity contribution in [2.24, 2.45) is 115 Å². The highest BCUT2D eigenvalue weighted by Gasteiger charge is 2.41. The van der Waals surface area contributed by atoms with Crippen LogP contribution in [0.4, 0.5) is 0 Å². The van der Waals surface area contributed by atoms with Gasteiger partial charge in [-0.2, -0.15) is 25.3 Å². The molecule has 35 N–H and O–H groups in total. The van der Waals surface area contributed by atoms with E-state index in [1.807, 2.05) is 41.5 Å². The number of hydrogen-bond donors (Lipinski definition) is 28. The zero-order chi connectivity index (χ0) is 109. The van der Waals surface area contributed by atoms with E-state index in [1.165, 1.54) is 0 Å². The maximum absolute atomic E-state index is 15.0. The van der Waals surface area contributed by atoms with E-state index in [1.54, 1.807) is 83.1 Å². The number of thiol groups is 2. The molecule has 0 saturated heterocycles. The third kappa shape index (κ3) is 58.1. The summed E-state index contributed by atoms with van der Waals surface area (Å²) >= 11 is 8.17. The molecule has 0 rings (SSSR count). The number of rotatable bonds is 77. The van der Waals surface area contributed by atoms with Crippen LogP contribution in [0.1, 0.15) is 285 Å². The highest BCUT2D eigenvalue weighted by Crippen LogP contribution is 2.21. The summed E-state index contributed by atoms with van der Waals surface area (Å²) in [5.74, 6) is -16.8. The van der Waals surface area contributed by atoms with E-state index >= 15 is 19.2 Å². The fraction of sp³-hybridized carbons (Fsp3) is 0.802. The molecule has 0 radical (unpaired) electrons. The van der Waals surface area contributed by atoms with Crippen LogP contribution in [-0.4, -0.2) is 271 Å². The van der Waals surface area contributed by atoms with Crippen molar-refractivity contribution < 1.29 is 86.6 Å². The SMILES string of the molecule is CC(C)C[C@H](NC(=O)[C@H](CC(C)C)NC(=O)[C@@H](CCCCN)NC(=O)[C@@H](CCCCN)NC(=O)[C@H](CC(C)C)NC(=O)[C@@H](CC(C)C)NC(=O)[C@H](CCCN=C(N)N)NC(=O)[C@H](CC(C)C)NC(=O)[C@@H](CC(C)C)NC(=O)[C@H](CC(C)C)NC(=O)[C@H](CCCCN)NC(=O)[C@@H](N)CS)C(=O)N[C@@H](CCCN=C(N)N)C(=O)N[C@H](CC(C)C)C(=O)N[C@@H](CC(C)C)C(=O)N[C@@H](CCCCN)C(=O)N[C@@H](CS)C(=O)O. The van der Waals surface area contributed by atoms with Gasteiger partial charge in [0.05, 0.1) is 6.04 Å². The number of carboxylic acids is 1. The molecule has 0 aromatic carbocycles. The van der Waals surface area contributed by atoms with Crippen LogP contribution in [0.5, 0.6) is 0 Å². The first-order chi connectivity index (χ1) is 67.1. The third-order valence-electron chi connectivity index (χ3n) is 22.9. The van der Waals surface area contributed by atoms with Gasteiger partial charge in [-0.15, -0.1) is 0 Å². The van der Waals surface area contributed by atoms with Crippen molar-refractivity contribution in [2.75, 3.05) is 50.8 Å². The zero-order valence-corrected chi connectivity index (χ0v) is 90.0. The normalized spacial score (nSPS) is 15.1. The van der Waals surface area contributed by atoms with Crippen molar-refractivity contribution in [1.29, 1.82) is 0 Å². The summed E-state index contributed by atoms with van der Waals surface area (Å²) < 4.78 is 0. The van der Waals surface area contributed by atoms with Gasteiger partial charge in [0.15, 0.2) is 11.9 Å². The largest absolute Gasteiger partial charge is 0.480 e. The van der Waals surface area contributed by atoms with Gasteiger partial charge in [-0.3, -0.25) is 86.7 Å². The first-order valence-corrected chi connectivity index (χ1v) is 52.3. The average molecular weight is 2070 g/mol. The molecular weight excluding hydrogens is 1880 g/mol. The van der Waals surface area contributed by atoms with Crippen LogP contribution in [0.25, 0.3) is 0 Å². The number of aliphatic imine (C=N–C) groups is 2. The summed E-state index contributed by atoms with van der Waals surface area (Å²) in [6, 6.07) is -22.2. The maximum atomic E-state index is 15.0. The lowest BCUT2D eigenvalue weighted by atomic mass is 9.98. The molecular formula is C96H183N27O18S2. The Labute approximate surface area is 858 Å². The third-order valence-corrected chi connectivity index (χ3v) is 23.6. The number of amides is 16. The second-order valence-corrected chi connectivity index (χ2v) is 41.7. The zero-order valence-electron chi connectivity index (χ0n) is 88.2. The minimum absolute atomic E-state index is 0.000366. The maximum Gasteiger partial charge on any atom is 0.327 e. The summed E-state index contributed by atoms with van der Waals surface area (Å²) in [7, 11) is 0. The number of unbranched alkanes of at least 4 members (excludes halogenated alkanes) is 4. The van der Waals surface area contributed by atoms with Crippen molar-refractivity contribution in [3.05, 3.63) is 0 Å². The van der Waals surface area contributed by atoms with Crippen LogP contribution < -0.4 is 137 Å². The molecule has 0 heterocycles. The molecule has 0 unspecified atom stereocenters. The Morgan fingerprint density at radius 2 is 0.357 bits per heavy atom. The predicted molar refractivity (Wildman–Crippen MR) is 561 cm³/mol. The van der Waals surface area contributed by atoms with Crippen LogP contribution in [0.15, 0.2) is 9.98 Å². The number of carboxylic acid groups (broad SMARTS) is 1. The van der Waals surface area contributed by atoms with Gasteiger partial charge in [0.2, 0.25) is 94.5 Å². The number of nitrogens with one attached hydrogen (secondary N) is 16. The van der Waals surface area contributed by atoms with Gasteiger partial charge in [0, 0.05) is 24.6 Å². The first-order valence-electron chi connectivity index (χ1n) is 51.1. The van der Waals surface area contributed by atoms with Gasteiger partial charge in [-0.05, 0) is 240 Å². The Kier molecular flexibility index (Phi) is 68.1. The predicted octanol–water partition coefficient (Wildman–Crippen LogP) is -0.947. The number of hydrogen-bond acceptors (Lipinski definition) is 26. The lowest BCUT2D eigenvalue weighted by Crippen LogP contribution is -2.61. The van der Waals surface area contributed by atoms with Crippen molar-refractivity contribution in [2.45, 2.75) is 388 Å². The topological polar surface area (TPSA) is 762 Å². The molecule has 822 valence electrons. The van der Waals surface area contributed by atoms with Crippen LogP contribution in [0.3, 0.4) is 0 Å². The minimum Gasteiger partial charge on any atom is -0.480 e. The Bertz CT molecular complexity index is 3960. The van der Waals surface area contributed by atoms with E-state index in [9.17, 15) is 67.4 Å². The van der Waals surface area contributed by atoms with E-state index in [0.29, 0.717) is 45.1 Å². The van der Waals surface area contributed by atoms with Gasteiger partial charge in [-0.1, -0.05) is 125 Å². The Balaban J connectivity index is 7.71. The molecule has 47 heteroatoms. The van der Waals surface area contributed by atoms with Gasteiger partial charge in [0.1, 0.15) is 96.7 Å². The second-order valence-electron chi connectivity index (χ2n) is 41.0. The summed E-state index contributed by atoms with van der Waals surface area (Å²) in [4.78, 5) is 253. The van der Waals surface area contributed by atoms with Gasteiger partial charge >= 0.3 is 5.97 Å². The van der Waals surface area contributed by atoms with Crippen molar-refractivity contribution in [3.8, 4) is 0 Å². The Morgan fingerprint density at radius 1 is 0.217 bits per heavy atom. The standard InChI is InChI=1S/C96H183N27O18S2/c1-52(2)41-68(118-90(136)74(47-58(13)14)116-83(129)67(34-28-40-107-96(104)105)113-88(134)71(44-55(7)8)121-93(139)76(49-60(17)18)122-92(138)72(45-56(9)10)114-80(126)62(29-19-23-35-97)108-78(124)61(101)50-142)85(131)110-63(30-20-24-36-98)79(125)109-64(31-21-25-37-99)81(127)115-73(46-57(11)12)89(135)120-70(43-54(5)6)87(133)112-66(33-27-39-106-95(102)103)82(128)117-75(48-59(15)16)91(137)119-69(42-53(3)4)86(132)111-65(32-22-26-38-100)84(130)123-77(51-143)94(140)141/h52-77,142-143H,19-51,97-101H2,1-18H3,(H,108,124)(H,109,125)(H,110,131)(H,111,132)(H,112,133)(H,113,134)(H,114,126)(H,115,127)(H,116,129)(H,117,128)(H,118,136)(H,119,137)(H,120,135)(H,121,139)(H,122,138)(H,123,130)(H,140,141)(H4,102,103,106)(H4,104,105,107)/t61-,62-,63+,64+,65-,66-,67-,68-,69-,70-,71-,72-,73-,74+,75+,76+,77-/m0/s1. The molecule has 0 aliphatic heterocycles. The summed E-state index contributed by atoms with van der Waals surface area (Å²) in [6.45, 7) is 33.5. The van der Waals surface area contributed by atoms with Gasteiger partial charge < -0.3 is 142 Å². The number of guanidine groups is 2. The van der Waals surface area contributed by atoms with Crippen molar-refractivity contribution in [3.63, 3.8) is 0 Å². The number of carbonyl (C=O) groups excluding carboxylic acids is 16. The summed E-state index contributed by atoms with van der Waals surface area (Å²) in [6.07, 6.45) is 3.69. The van der Waals surface area contributed by atoms with Crippen LogP contribution in [0.2, 0.25) is 0 Å². The minimum atomic E-state index is -1.42. The molecule has 143 heavy (non-hydrogen) atoms. The highest BCUT2D eigenvalue weighted by molar-refractivity contribution is 7.80. The Hall–Kier alpha value is -9.97. The van der Waals surface area contributed by atoms with E-state index in [-0.39, 0.29) is 231 Å². The molecule has 0 aliphatic carbocycles. The number of nitrogens with zero attached hydrogens (tertiary/aromatic N) is 2. The highest BCUT2D eigenvalue weighted by atomic mass is 32.1. The molecule has 0 aromatic rings. The van der Waals surface area contributed by atoms with E-state index in [4.69, 9.17) is 51.6 Å². The lowest BCUT2D eigenvalue weighted by molar-refractivity contribution is -0.141. The molecule has 0 aromatic heterocycles. The molecule has 17 atom stereocenters. The quantitative estimate of drug-likeness (QED) is 0.0151. The number of nitrogens with two attached hydrogens (primary N) is 9. The van der Waals surface area contributed by atoms with Crippen LogP contribution >= 0.6 is 25.3 Å². The van der Waals surface area contributed by atoms with E-state index < -0.39 is 203 Å². The molecule has 45 nitrogen and oxygen atoms in total.